The Morgan fingerprint density at radius 2 is 1.95 bits per heavy atom. The number of aromatic nitrogens is 2. The van der Waals surface area contributed by atoms with Crippen LogP contribution >= 0.6 is 0 Å². The summed E-state index contributed by atoms with van der Waals surface area (Å²) in [7, 11) is 0. The zero-order valence-corrected chi connectivity index (χ0v) is 12.4. The van der Waals surface area contributed by atoms with Crippen molar-refractivity contribution in [3.8, 4) is 16.9 Å². The third-order valence-electron chi connectivity index (χ3n) is 3.21. The lowest BCUT2D eigenvalue weighted by molar-refractivity contribution is 0.182. The SMILES string of the molecule is CC(O)CCC/C=C/c1ncc(-c2ccc(O)c(F)c2)cn1. The first-order chi connectivity index (χ1) is 10.6. The molecular formula is C17H19FN2O2. The lowest BCUT2D eigenvalue weighted by atomic mass is 10.1. The Bertz CT molecular complexity index is 640. The fourth-order valence-corrected chi connectivity index (χ4v) is 1.98. The highest BCUT2D eigenvalue weighted by atomic mass is 19.1. The molecule has 2 aromatic rings. The van der Waals surface area contributed by atoms with Gasteiger partial charge in [0.05, 0.1) is 6.10 Å². The number of aliphatic hydroxyl groups excluding tert-OH is 1. The van der Waals surface area contributed by atoms with E-state index in [1.54, 1.807) is 25.4 Å². The molecule has 0 aliphatic rings. The molecule has 4 nitrogen and oxygen atoms in total. The van der Waals surface area contributed by atoms with E-state index >= 15 is 0 Å². The number of aliphatic hydroxyl groups is 1. The average molecular weight is 302 g/mol. The predicted molar refractivity (Wildman–Crippen MR) is 83.7 cm³/mol. The van der Waals surface area contributed by atoms with Gasteiger partial charge in [-0.05, 0) is 50.0 Å². The first-order valence-corrected chi connectivity index (χ1v) is 7.22. The summed E-state index contributed by atoms with van der Waals surface area (Å²) in [4.78, 5) is 8.42. The Kier molecular flexibility index (Phi) is 5.61. The summed E-state index contributed by atoms with van der Waals surface area (Å²) in [5.41, 5.74) is 1.30. The van der Waals surface area contributed by atoms with Gasteiger partial charge in [0.15, 0.2) is 17.4 Å². The maximum Gasteiger partial charge on any atom is 0.165 e. The number of benzene rings is 1. The van der Waals surface area contributed by atoms with Crippen molar-refractivity contribution in [2.45, 2.75) is 32.3 Å². The molecule has 1 heterocycles. The largest absolute Gasteiger partial charge is 0.505 e. The molecule has 116 valence electrons. The Balaban J connectivity index is 1.98. The van der Waals surface area contributed by atoms with Gasteiger partial charge in [0, 0.05) is 18.0 Å². The van der Waals surface area contributed by atoms with Crippen molar-refractivity contribution < 1.29 is 14.6 Å². The predicted octanol–water partition coefficient (Wildman–Crippen LogP) is 3.55. The molecule has 2 N–H and O–H groups in total. The van der Waals surface area contributed by atoms with Crippen LogP contribution in [0.2, 0.25) is 0 Å². The third kappa shape index (κ3) is 4.63. The second-order valence-corrected chi connectivity index (χ2v) is 5.18. The van der Waals surface area contributed by atoms with Gasteiger partial charge in [-0.25, -0.2) is 14.4 Å². The third-order valence-corrected chi connectivity index (χ3v) is 3.21. The molecule has 0 amide bonds. The van der Waals surface area contributed by atoms with Gasteiger partial charge in [-0.1, -0.05) is 12.1 Å². The molecular weight excluding hydrogens is 283 g/mol. The monoisotopic (exact) mass is 302 g/mol. The molecule has 0 saturated carbocycles. The minimum absolute atomic E-state index is 0.269. The normalized spacial score (nSPS) is 12.7. The summed E-state index contributed by atoms with van der Waals surface area (Å²) >= 11 is 0. The summed E-state index contributed by atoms with van der Waals surface area (Å²) in [5, 5.41) is 18.3. The molecule has 22 heavy (non-hydrogen) atoms. The van der Waals surface area contributed by atoms with Crippen molar-refractivity contribution in [2.24, 2.45) is 0 Å². The van der Waals surface area contributed by atoms with E-state index in [0.29, 0.717) is 17.0 Å². The van der Waals surface area contributed by atoms with Gasteiger partial charge in [0.25, 0.3) is 0 Å². The quantitative estimate of drug-likeness (QED) is 0.801. The molecule has 0 spiro atoms. The van der Waals surface area contributed by atoms with Gasteiger partial charge in [-0.2, -0.15) is 0 Å². The Labute approximate surface area is 129 Å². The number of hydrogen-bond acceptors (Lipinski definition) is 4. The van der Waals surface area contributed by atoms with Crippen LogP contribution in [0.1, 0.15) is 32.0 Å². The smallest absolute Gasteiger partial charge is 0.165 e. The van der Waals surface area contributed by atoms with E-state index in [-0.39, 0.29) is 11.9 Å². The van der Waals surface area contributed by atoms with Crippen LogP contribution in [0.25, 0.3) is 17.2 Å². The second kappa shape index (κ2) is 7.66. The van der Waals surface area contributed by atoms with Crippen LogP contribution < -0.4 is 0 Å². The number of unbranched alkanes of at least 4 members (excludes halogenated alkanes) is 1. The van der Waals surface area contributed by atoms with E-state index in [0.717, 1.165) is 19.3 Å². The van der Waals surface area contributed by atoms with Gasteiger partial charge < -0.3 is 10.2 Å². The van der Waals surface area contributed by atoms with Crippen LogP contribution in [0, 0.1) is 5.82 Å². The Hall–Kier alpha value is -2.27. The molecule has 0 aliphatic carbocycles. The first-order valence-electron chi connectivity index (χ1n) is 7.22. The van der Waals surface area contributed by atoms with Gasteiger partial charge in [0.1, 0.15) is 0 Å². The summed E-state index contributed by atoms with van der Waals surface area (Å²) in [5.74, 6) is -0.457. The second-order valence-electron chi connectivity index (χ2n) is 5.18. The minimum Gasteiger partial charge on any atom is -0.505 e. The van der Waals surface area contributed by atoms with Gasteiger partial charge in [0.2, 0.25) is 0 Å². The van der Waals surface area contributed by atoms with Crippen molar-refractivity contribution in [3.63, 3.8) is 0 Å². The highest BCUT2D eigenvalue weighted by Gasteiger charge is 2.04. The lowest BCUT2D eigenvalue weighted by Crippen LogP contribution is -1.97. The van der Waals surface area contributed by atoms with Crippen molar-refractivity contribution in [2.75, 3.05) is 0 Å². The molecule has 5 heteroatoms. The van der Waals surface area contributed by atoms with E-state index in [1.807, 2.05) is 12.2 Å². The first kappa shape index (κ1) is 16.1. The molecule has 1 atom stereocenters. The average Bonchev–Trinajstić information content (AvgIpc) is 2.50. The van der Waals surface area contributed by atoms with Crippen molar-refractivity contribution in [1.29, 1.82) is 0 Å². The molecule has 1 aromatic carbocycles. The molecule has 1 unspecified atom stereocenters. The number of nitrogens with zero attached hydrogens (tertiary/aromatic N) is 2. The van der Waals surface area contributed by atoms with E-state index < -0.39 is 5.82 Å². The topological polar surface area (TPSA) is 66.2 Å². The fraction of sp³-hybridized carbons (Fsp3) is 0.294. The summed E-state index contributed by atoms with van der Waals surface area (Å²) in [6.45, 7) is 1.78. The Morgan fingerprint density at radius 1 is 1.23 bits per heavy atom. The zero-order chi connectivity index (χ0) is 15.9. The van der Waals surface area contributed by atoms with Crippen LogP contribution in [-0.2, 0) is 0 Å². The van der Waals surface area contributed by atoms with Crippen LogP contribution in [0.4, 0.5) is 4.39 Å². The number of aromatic hydroxyl groups is 1. The summed E-state index contributed by atoms with van der Waals surface area (Å²) in [6, 6.07) is 4.17. The number of hydrogen-bond donors (Lipinski definition) is 2. The number of phenolic OH excluding ortho intramolecular Hbond substituents is 1. The summed E-state index contributed by atoms with van der Waals surface area (Å²) < 4.78 is 13.3. The molecule has 2 rings (SSSR count). The van der Waals surface area contributed by atoms with Crippen molar-refractivity contribution >= 4 is 6.08 Å². The van der Waals surface area contributed by atoms with E-state index in [2.05, 4.69) is 9.97 Å². The van der Waals surface area contributed by atoms with Crippen molar-refractivity contribution in [3.05, 3.63) is 48.3 Å². The van der Waals surface area contributed by atoms with Gasteiger partial charge >= 0.3 is 0 Å². The molecule has 0 aliphatic heterocycles. The van der Waals surface area contributed by atoms with E-state index in [4.69, 9.17) is 5.11 Å². The lowest BCUT2D eigenvalue weighted by Gasteiger charge is -2.03. The molecule has 0 radical (unpaired) electrons. The van der Waals surface area contributed by atoms with E-state index in [9.17, 15) is 9.50 Å². The van der Waals surface area contributed by atoms with Gasteiger partial charge in [-0.15, -0.1) is 0 Å². The Morgan fingerprint density at radius 3 is 2.59 bits per heavy atom. The van der Waals surface area contributed by atoms with Crippen LogP contribution in [0.3, 0.4) is 0 Å². The number of allylic oxidation sites excluding steroid dienone is 1. The highest BCUT2D eigenvalue weighted by molar-refractivity contribution is 5.63. The highest BCUT2D eigenvalue weighted by Crippen LogP contribution is 2.23. The zero-order valence-electron chi connectivity index (χ0n) is 12.4. The fourth-order valence-electron chi connectivity index (χ4n) is 1.98. The maximum atomic E-state index is 13.3. The van der Waals surface area contributed by atoms with E-state index in [1.165, 1.54) is 12.1 Å². The number of phenols is 1. The molecule has 1 aromatic heterocycles. The molecule has 0 saturated heterocycles. The van der Waals surface area contributed by atoms with Crippen LogP contribution in [0.15, 0.2) is 36.7 Å². The molecule has 0 fully saturated rings. The minimum atomic E-state index is -0.667. The molecule has 0 bridgehead atoms. The van der Waals surface area contributed by atoms with Crippen LogP contribution in [-0.4, -0.2) is 26.3 Å². The standard InChI is InChI=1S/C17H19FN2O2/c1-12(21)5-3-2-4-6-17-19-10-14(11-20-17)13-7-8-16(22)15(18)9-13/h4,6-12,21-22H,2-3,5H2,1H3/b6-4+. The maximum absolute atomic E-state index is 13.3. The van der Waals surface area contributed by atoms with Crippen LogP contribution in [0.5, 0.6) is 5.75 Å². The summed E-state index contributed by atoms with van der Waals surface area (Å²) in [6.07, 6.45) is 9.31. The number of halogens is 1. The number of rotatable bonds is 6. The van der Waals surface area contributed by atoms with Gasteiger partial charge in [-0.3, -0.25) is 0 Å². The van der Waals surface area contributed by atoms with Crippen molar-refractivity contribution in [1.82, 2.24) is 9.97 Å².